The molecule has 2 aromatic carbocycles. The molecule has 0 radical (unpaired) electrons. The standard InChI is InChI=1S/C25H22N4O2/c1-2-5-16(6-3-1)21-22-24(27-14-19-7-4-12-30-19)28-15-29-25(22)31-23(21)18-8-9-20-17(13-18)10-11-26-20/h1-3,5-6,8-11,13,15,19,26H,4,7,12,14H2,(H,27,28,29)/t19-/m0/s1. The minimum absolute atomic E-state index is 0.215. The first-order valence-electron chi connectivity index (χ1n) is 10.6. The lowest BCUT2D eigenvalue weighted by Gasteiger charge is -2.12. The Morgan fingerprint density at radius 1 is 1.03 bits per heavy atom. The van der Waals surface area contributed by atoms with Crippen LogP contribution in [-0.2, 0) is 4.74 Å². The molecule has 0 unspecified atom stereocenters. The summed E-state index contributed by atoms with van der Waals surface area (Å²) in [5.74, 6) is 1.57. The number of rotatable bonds is 5. The number of hydrogen-bond acceptors (Lipinski definition) is 5. The summed E-state index contributed by atoms with van der Waals surface area (Å²) in [5, 5.41) is 5.53. The number of aromatic nitrogens is 3. The maximum absolute atomic E-state index is 6.35. The molecule has 154 valence electrons. The number of furan rings is 1. The third kappa shape index (κ3) is 3.25. The van der Waals surface area contributed by atoms with Crippen LogP contribution >= 0.6 is 0 Å². The first-order chi connectivity index (χ1) is 15.4. The fourth-order valence-corrected chi connectivity index (χ4v) is 4.36. The predicted octanol–water partition coefficient (Wildman–Crippen LogP) is 5.63. The second-order valence-electron chi connectivity index (χ2n) is 7.87. The van der Waals surface area contributed by atoms with E-state index in [9.17, 15) is 0 Å². The molecule has 6 heteroatoms. The van der Waals surface area contributed by atoms with Crippen molar-refractivity contribution in [1.82, 2.24) is 15.0 Å². The van der Waals surface area contributed by atoms with Crippen LogP contribution in [0.25, 0.3) is 44.5 Å². The number of fused-ring (bicyclic) bond motifs is 2. The molecule has 0 bridgehead atoms. The van der Waals surface area contributed by atoms with Crippen molar-refractivity contribution in [1.29, 1.82) is 0 Å². The Kier molecular flexibility index (Phi) is 4.43. The summed E-state index contributed by atoms with van der Waals surface area (Å²) in [6.45, 7) is 1.55. The van der Waals surface area contributed by atoms with E-state index in [0.717, 1.165) is 70.6 Å². The number of benzene rings is 2. The van der Waals surface area contributed by atoms with Crippen LogP contribution in [-0.4, -0.2) is 34.2 Å². The van der Waals surface area contributed by atoms with Crippen molar-refractivity contribution < 1.29 is 9.15 Å². The Balaban J connectivity index is 1.53. The third-order valence-electron chi connectivity index (χ3n) is 5.89. The Hall–Kier alpha value is -3.64. The number of ether oxygens (including phenoxy) is 1. The smallest absolute Gasteiger partial charge is 0.232 e. The van der Waals surface area contributed by atoms with E-state index >= 15 is 0 Å². The van der Waals surface area contributed by atoms with Crippen LogP contribution in [0.2, 0.25) is 0 Å². The SMILES string of the molecule is c1ccc(-c2c(-c3ccc4[nH]ccc4c3)oc3ncnc(NC[C@@H]4CCCO4)c23)cc1. The van der Waals surface area contributed by atoms with Gasteiger partial charge in [-0.15, -0.1) is 0 Å². The average molecular weight is 410 g/mol. The zero-order valence-corrected chi connectivity index (χ0v) is 17.0. The fourth-order valence-electron chi connectivity index (χ4n) is 4.36. The highest BCUT2D eigenvalue weighted by atomic mass is 16.5. The van der Waals surface area contributed by atoms with Crippen LogP contribution in [0.4, 0.5) is 5.82 Å². The molecule has 0 amide bonds. The number of H-pyrrole nitrogens is 1. The zero-order valence-electron chi connectivity index (χ0n) is 17.0. The average Bonchev–Trinajstić information content (AvgIpc) is 3.57. The molecule has 1 saturated heterocycles. The molecule has 0 spiro atoms. The molecule has 1 aliphatic rings. The highest BCUT2D eigenvalue weighted by Crippen LogP contribution is 2.43. The van der Waals surface area contributed by atoms with Gasteiger partial charge in [-0.2, -0.15) is 0 Å². The second-order valence-corrected chi connectivity index (χ2v) is 7.87. The van der Waals surface area contributed by atoms with E-state index in [1.807, 2.05) is 24.4 Å². The van der Waals surface area contributed by atoms with Gasteiger partial charge in [-0.3, -0.25) is 0 Å². The molecule has 1 aliphatic heterocycles. The van der Waals surface area contributed by atoms with Crippen molar-refractivity contribution in [3.05, 3.63) is 67.1 Å². The van der Waals surface area contributed by atoms with Crippen LogP contribution < -0.4 is 5.32 Å². The van der Waals surface area contributed by atoms with Crippen molar-refractivity contribution >= 4 is 27.8 Å². The topological polar surface area (TPSA) is 76.0 Å². The Morgan fingerprint density at radius 3 is 2.84 bits per heavy atom. The maximum atomic E-state index is 6.35. The van der Waals surface area contributed by atoms with E-state index in [4.69, 9.17) is 9.15 Å². The largest absolute Gasteiger partial charge is 0.437 e. The minimum atomic E-state index is 0.215. The summed E-state index contributed by atoms with van der Waals surface area (Å²) in [6.07, 6.45) is 5.90. The first kappa shape index (κ1) is 18.2. The first-order valence-corrected chi connectivity index (χ1v) is 10.6. The van der Waals surface area contributed by atoms with E-state index in [1.54, 1.807) is 6.33 Å². The highest BCUT2D eigenvalue weighted by Gasteiger charge is 2.23. The quantitative estimate of drug-likeness (QED) is 0.393. The Morgan fingerprint density at radius 2 is 1.97 bits per heavy atom. The number of anilines is 1. The van der Waals surface area contributed by atoms with Crippen molar-refractivity contribution in [3.8, 4) is 22.5 Å². The number of nitrogens with zero attached hydrogens (tertiary/aromatic N) is 2. The van der Waals surface area contributed by atoms with E-state index < -0.39 is 0 Å². The van der Waals surface area contributed by atoms with Gasteiger partial charge in [-0.1, -0.05) is 30.3 Å². The van der Waals surface area contributed by atoms with E-state index in [1.165, 1.54) is 0 Å². The summed E-state index contributed by atoms with van der Waals surface area (Å²) < 4.78 is 12.1. The summed E-state index contributed by atoms with van der Waals surface area (Å²) in [4.78, 5) is 12.3. The molecule has 0 saturated carbocycles. The molecule has 1 fully saturated rings. The van der Waals surface area contributed by atoms with Crippen molar-refractivity contribution in [2.75, 3.05) is 18.5 Å². The molecule has 31 heavy (non-hydrogen) atoms. The van der Waals surface area contributed by atoms with E-state index in [2.05, 4.69) is 56.7 Å². The van der Waals surface area contributed by atoms with Gasteiger partial charge in [0.15, 0.2) is 0 Å². The molecular formula is C25H22N4O2. The minimum Gasteiger partial charge on any atom is -0.437 e. The maximum Gasteiger partial charge on any atom is 0.232 e. The number of aromatic amines is 1. The number of nitrogens with one attached hydrogen (secondary N) is 2. The molecule has 0 aliphatic carbocycles. The van der Waals surface area contributed by atoms with E-state index in [0.29, 0.717) is 5.71 Å². The van der Waals surface area contributed by atoms with Gasteiger partial charge in [0.1, 0.15) is 17.9 Å². The monoisotopic (exact) mass is 410 g/mol. The lowest BCUT2D eigenvalue weighted by molar-refractivity contribution is 0.120. The van der Waals surface area contributed by atoms with Crippen LogP contribution in [0.5, 0.6) is 0 Å². The molecule has 6 rings (SSSR count). The molecular weight excluding hydrogens is 388 g/mol. The van der Waals surface area contributed by atoms with Gasteiger partial charge in [-0.25, -0.2) is 9.97 Å². The highest BCUT2D eigenvalue weighted by molar-refractivity contribution is 6.06. The van der Waals surface area contributed by atoms with E-state index in [-0.39, 0.29) is 6.10 Å². The van der Waals surface area contributed by atoms with Crippen molar-refractivity contribution in [2.45, 2.75) is 18.9 Å². The molecule has 3 aromatic heterocycles. The molecule has 2 N–H and O–H groups in total. The lowest BCUT2D eigenvalue weighted by atomic mass is 9.98. The third-order valence-corrected chi connectivity index (χ3v) is 5.89. The fraction of sp³-hybridized carbons (Fsp3) is 0.200. The molecule has 4 heterocycles. The summed E-state index contributed by atoms with van der Waals surface area (Å²) in [6, 6.07) is 18.7. The van der Waals surface area contributed by atoms with Crippen LogP contribution in [0.15, 0.2) is 71.5 Å². The molecule has 5 aromatic rings. The normalized spacial score (nSPS) is 16.3. The Labute approximate surface area is 179 Å². The lowest BCUT2D eigenvalue weighted by Crippen LogP contribution is -2.19. The van der Waals surface area contributed by atoms with Gasteiger partial charge >= 0.3 is 0 Å². The second kappa shape index (κ2) is 7.56. The van der Waals surface area contributed by atoms with Crippen LogP contribution in [0.3, 0.4) is 0 Å². The van der Waals surface area contributed by atoms with Gasteiger partial charge < -0.3 is 19.5 Å². The zero-order chi connectivity index (χ0) is 20.6. The summed E-state index contributed by atoms with van der Waals surface area (Å²) >= 11 is 0. The van der Waals surface area contributed by atoms with Gasteiger partial charge in [0.2, 0.25) is 5.71 Å². The number of hydrogen-bond donors (Lipinski definition) is 2. The van der Waals surface area contributed by atoms with Crippen LogP contribution in [0.1, 0.15) is 12.8 Å². The molecule has 6 nitrogen and oxygen atoms in total. The van der Waals surface area contributed by atoms with Crippen molar-refractivity contribution in [3.63, 3.8) is 0 Å². The summed E-state index contributed by atoms with van der Waals surface area (Å²) in [7, 11) is 0. The molecule has 1 atom stereocenters. The van der Waals surface area contributed by atoms with Gasteiger partial charge in [0.25, 0.3) is 0 Å². The Bertz CT molecular complexity index is 1350. The van der Waals surface area contributed by atoms with Crippen LogP contribution in [0, 0.1) is 0 Å². The summed E-state index contributed by atoms with van der Waals surface area (Å²) in [5.41, 5.74) is 4.75. The van der Waals surface area contributed by atoms with Gasteiger partial charge in [0, 0.05) is 41.4 Å². The predicted molar refractivity (Wildman–Crippen MR) is 122 cm³/mol. The van der Waals surface area contributed by atoms with Crippen molar-refractivity contribution in [2.24, 2.45) is 0 Å². The van der Waals surface area contributed by atoms with Gasteiger partial charge in [-0.05, 0) is 42.7 Å². The van der Waals surface area contributed by atoms with Gasteiger partial charge in [0.05, 0.1) is 11.5 Å².